The first kappa shape index (κ1) is 23.8. The van der Waals surface area contributed by atoms with Crippen LogP contribution >= 0.6 is 0 Å². The summed E-state index contributed by atoms with van der Waals surface area (Å²) in [6.07, 6.45) is 8.95. The highest BCUT2D eigenvalue weighted by Crippen LogP contribution is 2.31. The number of fused-ring (bicyclic) bond motifs is 1. The fourth-order valence-electron chi connectivity index (χ4n) is 4.37. The summed E-state index contributed by atoms with van der Waals surface area (Å²) in [5, 5.41) is 3.65. The van der Waals surface area contributed by atoms with Crippen molar-refractivity contribution < 1.29 is 0 Å². The molecule has 1 saturated carbocycles. The van der Waals surface area contributed by atoms with Gasteiger partial charge >= 0.3 is 0 Å². The Bertz CT molecular complexity index is 1210. The van der Waals surface area contributed by atoms with Crippen LogP contribution in [0.5, 0.6) is 0 Å². The molecule has 0 aromatic carbocycles. The molecular formula is C25H35N9. The number of rotatable bonds is 7. The molecule has 9 nitrogen and oxygen atoms in total. The third-order valence-corrected chi connectivity index (χ3v) is 6.25. The van der Waals surface area contributed by atoms with Crippen molar-refractivity contribution in [2.75, 3.05) is 11.9 Å². The van der Waals surface area contributed by atoms with Crippen molar-refractivity contribution in [3.05, 3.63) is 35.8 Å². The summed E-state index contributed by atoms with van der Waals surface area (Å²) in [6.45, 7) is 12.0. The van der Waals surface area contributed by atoms with Gasteiger partial charge in [-0.25, -0.2) is 24.9 Å². The second-order valence-electron chi connectivity index (χ2n) is 9.09. The molecule has 0 saturated heterocycles. The number of hydrogen-bond acceptors (Lipinski definition) is 8. The summed E-state index contributed by atoms with van der Waals surface area (Å²) in [7, 11) is 0. The lowest BCUT2D eigenvalue weighted by molar-refractivity contribution is 0.625. The summed E-state index contributed by atoms with van der Waals surface area (Å²) in [5.41, 5.74) is 12.2. The molecule has 0 aliphatic heterocycles. The lowest BCUT2D eigenvalue weighted by atomic mass is 9.85. The van der Waals surface area contributed by atoms with Gasteiger partial charge < -0.3 is 15.6 Å². The largest absolute Gasteiger partial charge is 0.402 e. The van der Waals surface area contributed by atoms with Gasteiger partial charge in [-0.2, -0.15) is 0 Å². The SMILES string of the molecule is CCCN=C1CCC(Nc2ncnc3c2nc(-c2cnc(C)nc2)n3CC)CC1=C(N)C(C)C. The molecule has 180 valence electrons. The Hall–Kier alpha value is -3.36. The number of nitrogens with two attached hydrogens (primary N) is 1. The normalized spacial score (nSPS) is 19.2. The van der Waals surface area contributed by atoms with E-state index in [1.807, 2.05) is 6.92 Å². The van der Waals surface area contributed by atoms with E-state index in [4.69, 9.17) is 15.7 Å². The zero-order valence-electron chi connectivity index (χ0n) is 20.8. The predicted octanol–water partition coefficient (Wildman–Crippen LogP) is 4.30. The van der Waals surface area contributed by atoms with E-state index in [-0.39, 0.29) is 12.0 Å². The third kappa shape index (κ3) is 4.78. The van der Waals surface area contributed by atoms with E-state index in [2.05, 4.69) is 57.5 Å². The molecule has 4 rings (SSSR count). The van der Waals surface area contributed by atoms with E-state index in [0.717, 1.165) is 84.4 Å². The molecule has 1 aliphatic carbocycles. The van der Waals surface area contributed by atoms with Gasteiger partial charge in [0.25, 0.3) is 0 Å². The lowest BCUT2D eigenvalue weighted by Crippen LogP contribution is -2.31. The van der Waals surface area contributed by atoms with Crippen LogP contribution in [0, 0.1) is 12.8 Å². The molecule has 3 aromatic rings. The van der Waals surface area contributed by atoms with Crippen LogP contribution in [0.2, 0.25) is 0 Å². The number of imidazole rings is 1. The van der Waals surface area contributed by atoms with Gasteiger partial charge in [-0.05, 0) is 51.0 Å². The molecule has 0 radical (unpaired) electrons. The molecule has 3 aromatic heterocycles. The van der Waals surface area contributed by atoms with Crippen LogP contribution in [0.25, 0.3) is 22.6 Å². The number of hydrogen-bond donors (Lipinski definition) is 2. The van der Waals surface area contributed by atoms with E-state index in [9.17, 15) is 0 Å². The molecule has 9 heteroatoms. The smallest absolute Gasteiger partial charge is 0.165 e. The summed E-state index contributed by atoms with van der Waals surface area (Å²) < 4.78 is 2.08. The first-order valence-corrected chi connectivity index (χ1v) is 12.2. The topological polar surface area (TPSA) is 120 Å². The monoisotopic (exact) mass is 461 g/mol. The summed E-state index contributed by atoms with van der Waals surface area (Å²) in [4.78, 5) is 27.5. The Morgan fingerprint density at radius 1 is 1.21 bits per heavy atom. The van der Waals surface area contributed by atoms with Crippen molar-refractivity contribution in [1.82, 2.24) is 29.5 Å². The van der Waals surface area contributed by atoms with E-state index in [1.54, 1.807) is 18.7 Å². The fourth-order valence-corrected chi connectivity index (χ4v) is 4.37. The second-order valence-corrected chi connectivity index (χ2v) is 9.09. The number of aromatic nitrogens is 6. The molecule has 0 amide bonds. The van der Waals surface area contributed by atoms with Crippen LogP contribution in [0.3, 0.4) is 0 Å². The molecule has 1 atom stereocenters. The van der Waals surface area contributed by atoms with Gasteiger partial charge in [0.2, 0.25) is 0 Å². The minimum Gasteiger partial charge on any atom is -0.402 e. The minimum atomic E-state index is 0.198. The highest BCUT2D eigenvalue weighted by atomic mass is 15.2. The molecule has 0 spiro atoms. The Morgan fingerprint density at radius 2 is 1.97 bits per heavy atom. The molecule has 3 N–H and O–H groups in total. The number of allylic oxidation sites excluding steroid dienone is 1. The van der Waals surface area contributed by atoms with Gasteiger partial charge in [-0.15, -0.1) is 0 Å². The van der Waals surface area contributed by atoms with Gasteiger partial charge in [0.05, 0.1) is 5.56 Å². The van der Waals surface area contributed by atoms with E-state index in [0.29, 0.717) is 0 Å². The van der Waals surface area contributed by atoms with Crippen molar-refractivity contribution in [3.8, 4) is 11.4 Å². The van der Waals surface area contributed by atoms with E-state index >= 15 is 0 Å². The van der Waals surface area contributed by atoms with Crippen LogP contribution in [-0.4, -0.2) is 47.8 Å². The lowest BCUT2D eigenvalue weighted by Gasteiger charge is -2.29. The molecular weight excluding hydrogens is 426 g/mol. The quantitative estimate of drug-likeness (QED) is 0.538. The number of aryl methyl sites for hydroxylation is 2. The molecule has 34 heavy (non-hydrogen) atoms. The van der Waals surface area contributed by atoms with Crippen LogP contribution < -0.4 is 11.1 Å². The van der Waals surface area contributed by atoms with Crippen molar-refractivity contribution in [2.45, 2.75) is 72.9 Å². The summed E-state index contributed by atoms with van der Waals surface area (Å²) in [5.74, 6) is 2.55. The maximum atomic E-state index is 6.53. The van der Waals surface area contributed by atoms with E-state index in [1.165, 1.54) is 5.57 Å². The molecule has 0 bridgehead atoms. The maximum absolute atomic E-state index is 6.53. The second kappa shape index (κ2) is 10.3. The van der Waals surface area contributed by atoms with Gasteiger partial charge in [0, 0.05) is 42.9 Å². The van der Waals surface area contributed by atoms with Crippen molar-refractivity contribution in [1.29, 1.82) is 0 Å². The van der Waals surface area contributed by atoms with Gasteiger partial charge in [-0.1, -0.05) is 20.8 Å². The molecule has 3 heterocycles. The Labute approximate surface area is 201 Å². The third-order valence-electron chi connectivity index (χ3n) is 6.25. The highest BCUT2D eigenvalue weighted by Gasteiger charge is 2.26. The van der Waals surface area contributed by atoms with Crippen molar-refractivity contribution >= 4 is 22.7 Å². The van der Waals surface area contributed by atoms with Crippen LogP contribution in [0.1, 0.15) is 59.2 Å². The zero-order chi connectivity index (χ0) is 24.2. The van der Waals surface area contributed by atoms with Gasteiger partial charge in [0.1, 0.15) is 18.0 Å². The number of nitrogens with one attached hydrogen (secondary N) is 1. The standard InChI is InChI=1S/C25H35N9/c1-6-10-27-20-9-8-18(11-19(20)21(26)15(3)4)32-23-22-25(31-14-30-23)34(7-2)24(33-22)17-12-28-16(5)29-13-17/h12-15,18H,6-11,26H2,1-5H3,(H,30,31,32). The highest BCUT2D eigenvalue weighted by molar-refractivity contribution is 6.01. The minimum absolute atomic E-state index is 0.198. The number of nitrogens with zero attached hydrogens (tertiary/aromatic N) is 7. The molecule has 1 aliphatic rings. The van der Waals surface area contributed by atoms with Crippen molar-refractivity contribution in [3.63, 3.8) is 0 Å². The Kier molecular flexibility index (Phi) is 7.19. The number of anilines is 1. The first-order valence-electron chi connectivity index (χ1n) is 12.2. The first-order chi connectivity index (χ1) is 16.4. The Balaban J connectivity index is 1.67. The van der Waals surface area contributed by atoms with Crippen LogP contribution in [0.15, 0.2) is 35.0 Å². The van der Waals surface area contributed by atoms with Crippen LogP contribution in [-0.2, 0) is 6.54 Å². The maximum Gasteiger partial charge on any atom is 0.165 e. The predicted molar refractivity (Wildman–Crippen MR) is 137 cm³/mol. The fraction of sp³-hybridized carbons (Fsp3) is 0.520. The van der Waals surface area contributed by atoms with E-state index < -0.39 is 0 Å². The van der Waals surface area contributed by atoms with Gasteiger partial charge in [0.15, 0.2) is 17.0 Å². The average Bonchev–Trinajstić information content (AvgIpc) is 3.22. The Morgan fingerprint density at radius 3 is 2.65 bits per heavy atom. The molecule has 1 fully saturated rings. The van der Waals surface area contributed by atoms with Crippen molar-refractivity contribution in [2.24, 2.45) is 16.6 Å². The molecule has 1 unspecified atom stereocenters. The zero-order valence-corrected chi connectivity index (χ0v) is 20.8. The average molecular weight is 462 g/mol. The summed E-state index contributed by atoms with van der Waals surface area (Å²) >= 11 is 0. The number of aliphatic imine (C=N–C) groups is 1. The van der Waals surface area contributed by atoms with Crippen LogP contribution in [0.4, 0.5) is 5.82 Å². The van der Waals surface area contributed by atoms with Gasteiger partial charge in [-0.3, -0.25) is 4.99 Å². The summed E-state index contributed by atoms with van der Waals surface area (Å²) in [6, 6.07) is 0.198.